The molecule has 3 rings (SSSR count). The largest absolute Gasteiger partial charge is 0.484 e. The van der Waals surface area contributed by atoms with E-state index in [2.05, 4.69) is 5.32 Å². The second kappa shape index (κ2) is 10.3. The third-order valence-electron chi connectivity index (χ3n) is 5.73. The summed E-state index contributed by atoms with van der Waals surface area (Å²) in [6.07, 6.45) is 4.33. The van der Waals surface area contributed by atoms with Crippen molar-refractivity contribution in [3.05, 3.63) is 65.2 Å². The van der Waals surface area contributed by atoms with Gasteiger partial charge in [-0.25, -0.2) is 0 Å². The van der Waals surface area contributed by atoms with Crippen molar-refractivity contribution in [2.45, 2.75) is 65.1 Å². The highest BCUT2D eigenvalue weighted by Gasteiger charge is 2.28. The Kier molecular flexibility index (Phi) is 7.50. The highest BCUT2D eigenvalue weighted by Crippen LogP contribution is 2.19. The Bertz CT molecular complexity index is 840. The molecule has 0 unspecified atom stereocenters. The number of hydrogen-bond acceptors (Lipinski definition) is 3. The average Bonchev–Trinajstić information content (AvgIpc) is 3.25. The molecule has 2 aromatic carbocycles. The van der Waals surface area contributed by atoms with Crippen LogP contribution in [0.3, 0.4) is 0 Å². The van der Waals surface area contributed by atoms with Crippen LogP contribution in [0, 0.1) is 13.8 Å². The quantitative estimate of drug-likeness (QED) is 0.714. The molecule has 1 aliphatic carbocycles. The van der Waals surface area contributed by atoms with Crippen molar-refractivity contribution in [1.82, 2.24) is 10.2 Å². The minimum absolute atomic E-state index is 0.0994. The standard InChI is InChI=1S/C25H32N2O3/c1-18-8-12-21(13-9-18)16-27(20(3)25(29)26-22-6-4-5-7-22)24(28)17-30-23-14-10-19(2)11-15-23/h8-15,20,22H,4-7,16-17H2,1-3H3,(H,26,29)/t20-/m1/s1. The zero-order chi connectivity index (χ0) is 21.5. The Labute approximate surface area is 179 Å². The molecule has 1 aliphatic rings. The maximum Gasteiger partial charge on any atom is 0.261 e. The van der Waals surface area contributed by atoms with Crippen LogP contribution in [-0.4, -0.2) is 35.4 Å². The van der Waals surface area contributed by atoms with Crippen LogP contribution in [0.15, 0.2) is 48.5 Å². The third kappa shape index (κ3) is 6.09. The van der Waals surface area contributed by atoms with Gasteiger partial charge in [-0.2, -0.15) is 0 Å². The van der Waals surface area contributed by atoms with Crippen molar-refractivity contribution in [3.8, 4) is 5.75 Å². The van der Waals surface area contributed by atoms with Crippen molar-refractivity contribution >= 4 is 11.8 Å². The summed E-state index contributed by atoms with van der Waals surface area (Å²) in [6.45, 7) is 6.09. The van der Waals surface area contributed by atoms with Gasteiger partial charge < -0.3 is 15.0 Å². The van der Waals surface area contributed by atoms with Crippen LogP contribution in [0.2, 0.25) is 0 Å². The summed E-state index contributed by atoms with van der Waals surface area (Å²) in [6, 6.07) is 15.3. The summed E-state index contributed by atoms with van der Waals surface area (Å²) in [5.74, 6) is 0.343. The number of nitrogens with one attached hydrogen (secondary N) is 1. The van der Waals surface area contributed by atoms with Gasteiger partial charge >= 0.3 is 0 Å². The number of hydrogen-bond donors (Lipinski definition) is 1. The maximum atomic E-state index is 13.1. The van der Waals surface area contributed by atoms with Crippen LogP contribution in [0.4, 0.5) is 0 Å². The third-order valence-corrected chi connectivity index (χ3v) is 5.73. The van der Waals surface area contributed by atoms with E-state index >= 15 is 0 Å². The fourth-order valence-corrected chi connectivity index (χ4v) is 3.73. The summed E-state index contributed by atoms with van der Waals surface area (Å²) < 4.78 is 5.70. The molecule has 0 aromatic heterocycles. The first-order valence-electron chi connectivity index (χ1n) is 10.8. The summed E-state index contributed by atoms with van der Waals surface area (Å²) in [4.78, 5) is 27.5. The number of carbonyl (C=O) groups excluding carboxylic acids is 2. The smallest absolute Gasteiger partial charge is 0.261 e. The molecule has 1 atom stereocenters. The number of rotatable bonds is 8. The Hall–Kier alpha value is -2.82. The van der Waals surface area contributed by atoms with Crippen LogP contribution in [-0.2, 0) is 16.1 Å². The first kappa shape index (κ1) is 21.9. The van der Waals surface area contributed by atoms with E-state index in [0.717, 1.165) is 42.4 Å². The van der Waals surface area contributed by atoms with Crippen molar-refractivity contribution in [2.75, 3.05) is 6.61 Å². The Morgan fingerprint density at radius 3 is 2.17 bits per heavy atom. The number of amides is 2. The fraction of sp³-hybridized carbons (Fsp3) is 0.440. The molecule has 0 radical (unpaired) electrons. The van der Waals surface area contributed by atoms with Gasteiger partial charge in [0.05, 0.1) is 0 Å². The Balaban J connectivity index is 1.69. The molecule has 160 valence electrons. The van der Waals surface area contributed by atoms with Gasteiger partial charge in [0.1, 0.15) is 11.8 Å². The van der Waals surface area contributed by atoms with Gasteiger partial charge in [-0.05, 0) is 51.3 Å². The predicted molar refractivity (Wildman–Crippen MR) is 118 cm³/mol. The summed E-state index contributed by atoms with van der Waals surface area (Å²) >= 11 is 0. The van der Waals surface area contributed by atoms with Crippen LogP contribution < -0.4 is 10.1 Å². The highest BCUT2D eigenvalue weighted by molar-refractivity contribution is 5.88. The summed E-state index contributed by atoms with van der Waals surface area (Å²) in [5.41, 5.74) is 3.28. The van der Waals surface area contributed by atoms with E-state index < -0.39 is 6.04 Å². The van der Waals surface area contributed by atoms with E-state index in [9.17, 15) is 9.59 Å². The second-order valence-corrected chi connectivity index (χ2v) is 8.27. The zero-order valence-electron chi connectivity index (χ0n) is 18.2. The van der Waals surface area contributed by atoms with E-state index in [1.54, 1.807) is 11.8 Å². The average molecular weight is 409 g/mol. The van der Waals surface area contributed by atoms with Crippen molar-refractivity contribution in [1.29, 1.82) is 0 Å². The molecule has 5 nitrogen and oxygen atoms in total. The molecule has 0 saturated heterocycles. The van der Waals surface area contributed by atoms with Crippen LogP contribution in [0.1, 0.15) is 49.3 Å². The lowest BCUT2D eigenvalue weighted by molar-refractivity contribution is -0.142. The van der Waals surface area contributed by atoms with E-state index in [4.69, 9.17) is 4.74 Å². The molecule has 5 heteroatoms. The van der Waals surface area contributed by atoms with E-state index in [1.807, 2.05) is 62.4 Å². The minimum atomic E-state index is -0.568. The fourth-order valence-electron chi connectivity index (χ4n) is 3.73. The number of benzene rings is 2. The molecule has 30 heavy (non-hydrogen) atoms. The molecule has 0 heterocycles. The molecule has 2 aromatic rings. The number of ether oxygens (including phenoxy) is 1. The highest BCUT2D eigenvalue weighted by atomic mass is 16.5. The first-order valence-corrected chi connectivity index (χ1v) is 10.8. The van der Waals surface area contributed by atoms with Crippen LogP contribution >= 0.6 is 0 Å². The second-order valence-electron chi connectivity index (χ2n) is 8.27. The van der Waals surface area contributed by atoms with Gasteiger partial charge in [0.2, 0.25) is 5.91 Å². The molecule has 1 N–H and O–H groups in total. The first-order chi connectivity index (χ1) is 14.4. The molecular weight excluding hydrogens is 376 g/mol. The minimum Gasteiger partial charge on any atom is -0.484 e. The van der Waals surface area contributed by atoms with E-state index in [-0.39, 0.29) is 24.5 Å². The van der Waals surface area contributed by atoms with Gasteiger partial charge in [0.25, 0.3) is 5.91 Å². The molecule has 1 fully saturated rings. The topological polar surface area (TPSA) is 58.6 Å². The summed E-state index contributed by atoms with van der Waals surface area (Å²) in [5, 5.41) is 3.12. The lowest BCUT2D eigenvalue weighted by Crippen LogP contribution is -2.50. The van der Waals surface area contributed by atoms with Crippen LogP contribution in [0.25, 0.3) is 0 Å². The number of nitrogens with zero attached hydrogens (tertiary/aromatic N) is 1. The number of carbonyl (C=O) groups is 2. The van der Waals surface area contributed by atoms with Crippen molar-refractivity contribution in [3.63, 3.8) is 0 Å². The van der Waals surface area contributed by atoms with Crippen molar-refractivity contribution < 1.29 is 14.3 Å². The lowest BCUT2D eigenvalue weighted by Gasteiger charge is -2.29. The monoisotopic (exact) mass is 408 g/mol. The maximum absolute atomic E-state index is 13.1. The molecule has 0 aliphatic heterocycles. The van der Waals surface area contributed by atoms with Gasteiger partial charge in [-0.3, -0.25) is 9.59 Å². The van der Waals surface area contributed by atoms with Crippen LogP contribution in [0.5, 0.6) is 5.75 Å². The molecule has 0 bridgehead atoms. The van der Waals surface area contributed by atoms with Gasteiger partial charge in [-0.1, -0.05) is 60.4 Å². The van der Waals surface area contributed by atoms with E-state index in [1.165, 1.54) is 0 Å². The molecule has 2 amide bonds. The molecule has 0 spiro atoms. The SMILES string of the molecule is Cc1ccc(CN(C(=O)COc2ccc(C)cc2)[C@H](C)C(=O)NC2CCCC2)cc1. The number of aryl methyl sites for hydroxylation is 2. The van der Waals surface area contributed by atoms with E-state index in [0.29, 0.717) is 12.3 Å². The Morgan fingerprint density at radius 2 is 1.57 bits per heavy atom. The Morgan fingerprint density at radius 1 is 1.00 bits per heavy atom. The lowest BCUT2D eigenvalue weighted by atomic mass is 10.1. The van der Waals surface area contributed by atoms with Gasteiger partial charge in [0, 0.05) is 12.6 Å². The summed E-state index contributed by atoms with van der Waals surface area (Å²) in [7, 11) is 0. The van der Waals surface area contributed by atoms with Crippen molar-refractivity contribution in [2.24, 2.45) is 0 Å². The molecular formula is C25H32N2O3. The predicted octanol–water partition coefficient (Wildman–Crippen LogP) is 4.16. The van der Waals surface area contributed by atoms with Gasteiger partial charge in [0.15, 0.2) is 6.61 Å². The molecule has 1 saturated carbocycles. The van der Waals surface area contributed by atoms with Gasteiger partial charge in [-0.15, -0.1) is 0 Å². The normalized spacial score (nSPS) is 14.9. The zero-order valence-corrected chi connectivity index (χ0v) is 18.2.